The predicted molar refractivity (Wildman–Crippen MR) is 21.7 cm³/mol. The fourth-order valence-electron chi connectivity index (χ4n) is 0. The molecule has 37 valence electrons. The Morgan fingerprint density at radius 1 is 1.67 bits per heavy atom. The third kappa shape index (κ3) is 19.9. The van der Waals surface area contributed by atoms with Gasteiger partial charge in [0.05, 0.1) is 0 Å². The zero-order chi connectivity index (χ0) is 3.41. The van der Waals surface area contributed by atoms with Gasteiger partial charge in [0.1, 0.15) is 0 Å². The zero-order valence-corrected chi connectivity index (χ0v) is 6.72. The van der Waals surface area contributed by atoms with Crippen LogP contribution in [0.25, 0.3) is 0 Å². The Kier molecular flexibility index (Phi) is 43.6. The van der Waals surface area contributed by atoms with Crippen molar-refractivity contribution in [1.29, 1.82) is 0 Å². The molecule has 2 nitrogen and oxygen atoms in total. The molecule has 0 atom stereocenters. The van der Waals surface area contributed by atoms with E-state index in [4.69, 9.17) is 10.8 Å². The van der Waals surface area contributed by atoms with Crippen molar-refractivity contribution in [2.75, 3.05) is 6.54 Å². The van der Waals surface area contributed by atoms with Crippen molar-refractivity contribution in [3.05, 3.63) is 14.0 Å². The van der Waals surface area contributed by atoms with Gasteiger partial charge >= 0.3 is 0 Å². The van der Waals surface area contributed by atoms with E-state index in [1.165, 1.54) is 0 Å². The summed E-state index contributed by atoms with van der Waals surface area (Å²) >= 11 is 0. The van der Waals surface area contributed by atoms with Gasteiger partial charge in [0.15, 0.2) is 0 Å². The van der Waals surface area contributed by atoms with Crippen molar-refractivity contribution in [1.82, 2.24) is 0 Å². The van der Waals surface area contributed by atoms with Crippen LogP contribution in [0.2, 0.25) is 0 Å². The van der Waals surface area contributed by atoms with Gasteiger partial charge in [0.2, 0.25) is 0 Å². The van der Waals surface area contributed by atoms with Gasteiger partial charge in [-0.15, -0.1) is 6.54 Å². The molecule has 0 aromatic heterocycles. The van der Waals surface area contributed by atoms with Crippen LogP contribution >= 0.6 is 0 Å². The van der Waals surface area contributed by atoms with Gasteiger partial charge in [-0.3, -0.25) is 0 Å². The van der Waals surface area contributed by atoms with Gasteiger partial charge in [-0.1, -0.05) is 0 Å². The Hall–Kier alpha value is 1.02. The van der Waals surface area contributed by atoms with E-state index in [2.05, 4.69) is 0 Å². The molecule has 0 bridgehead atoms. The number of aliphatic hydroxyl groups is 1. The van der Waals surface area contributed by atoms with Crippen LogP contribution in [0, 0.1) is 14.0 Å². The monoisotopic (exact) mass is 164 g/mol. The van der Waals surface area contributed by atoms with Crippen LogP contribution < -0.4 is 5.73 Å². The van der Waals surface area contributed by atoms with E-state index in [0.717, 1.165) is 6.61 Å². The summed E-state index contributed by atoms with van der Waals surface area (Å²) in [6.07, 6.45) is 0. The molecule has 0 saturated carbocycles. The van der Waals surface area contributed by atoms with Crippen molar-refractivity contribution >= 4 is 0 Å². The molecule has 0 aromatic rings. The molecule has 0 heterocycles. The maximum atomic E-state index is 7.62. The second kappa shape index (κ2) is 16.6. The van der Waals surface area contributed by atoms with Gasteiger partial charge < -0.3 is 18.3 Å². The molecule has 0 aromatic carbocycles. The maximum absolute atomic E-state index is 7.62. The molecule has 0 fully saturated rings. The van der Waals surface area contributed by atoms with E-state index < -0.39 is 0 Å². The van der Waals surface area contributed by atoms with E-state index in [-0.39, 0.29) is 46.7 Å². The Balaban J connectivity index is -0.0000000450. The van der Waals surface area contributed by atoms with Gasteiger partial charge in [0, 0.05) is 32.7 Å². The summed E-state index contributed by atoms with van der Waals surface area (Å²) < 4.78 is 0. The molecule has 6 heavy (non-hydrogen) atoms. The fourth-order valence-corrected chi connectivity index (χ4v) is 0. The van der Waals surface area contributed by atoms with E-state index in [1.54, 1.807) is 0 Å². The number of hydrogen-bond donors (Lipinski definition) is 2. The molecule has 0 rings (SSSR count). The van der Waals surface area contributed by atoms with E-state index in [0.29, 0.717) is 0 Å². The normalized spacial score (nSPS) is 5.00. The number of nitrogens with two attached hydrogens (primary N) is 1. The first kappa shape index (κ1) is 15.7. The molecule has 3 N–H and O–H groups in total. The molecule has 0 aliphatic carbocycles. The predicted octanol–water partition coefficient (Wildman–Crippen LogP) is -0.0728. The third-order valence-corrected chi connectivity index (χ3v) is 0.105. The minimum absolute atomic E-state index is 0. The first-order chi connectivity index (χ1) is 1.91. The van der Waals surface area contributed by atoms with Crippen LogP contribution in [0.3, 0.4) is 0 Å². The molecule has 0 amide bonds. The first-order valence-corrected chi connectivity index (χ1v) is 1.07. The average molecular weight is 164 g/mol. The van der Waals surface area contributed by atoms with Gasteiger partial charge in [-0.2, -0.15) is 0 Å². The van der Waals surface area contributed by atoms with Crippen molar-refractivity contribution in [2.24, 2.45) is 5.73 Å². The number of rotatable bonds is 1. The fraction of sp³-hybridized carbons (Fsp3) is 0.333. The molecule has 0 unspecified atom stereocenters. The third-order valence-electron chi connectivity index (χ3n) is 0.105. The number of hydrogen-bond acceptors (Lipinski definition) is 2. The van der Waals surface area contributed by atoms with Crippen LogP contribution in [0.15, 0.2) is 0 Å². The van der Waals surface area contributed by atoms with E-state index >= 15 is 0 Å². The van der Waals surface area contributed by atoms with Crippen LogP contribution in [-0.2, 0) is 32.7 Å². The topological polar surface area (TPSA) is 46.2 Å². The summed E-state index contributed by atoms with van der Waals surface area (Å²) in [7, 11) is 0. The summed E-state index contributed by atoms with van der Waals surface area (Å²) in [4.78, 5) is 0. The second-order valence-corrected chi connectivity index (χ2v) is 0.418. The zero-order valence-electron chi connectivity index (χ0n) is 3.89. The smallest absolute Gasteiger partial charge is 0 e. The van der Waals surface area contributed by atoms with Crippen molar-refractivity contribution in [2.45, 2.75) is 0 Å². The summed E-state index contributed by atoms with van der Waals surface area (Å²) in [6, 6.07) is 0. The van der Waals surface area contributed by atoms with Crippen LogP contribution in [0.5, 0.6) is 0 Å². The Morgan fingerprint density at radius 2 is 1.83 bits per heavy atom. The van der Waals surface area contributed by atoms with Crippen LogP contribution in [-0.4, -0.2) is 11.7 Å². The Labute approximate surface area is 64.0 Å². The Bertz CT molecular complexity index is 12.8. The van der Waals surface area contributed by atoms with Crippen molar-refractivity contribution < 1.29 is 37.8 Å². The summed E-state index contributed by atoms with van der Waals surface area (Å²) in [6.45, 7) is 1.15. The minimum Gasteiger partial charge on any atom is -0.565 e. The molecule has 0 aliphatic heterocycles. The summed E-state index contributed by atoms with van der Waals surface area (Å²) in [5.74, 6) is 0. The average Bonchev–Trinajstić information content (AvgIpc) is 1.37. The minimum atomic E-state index is 0. The first-order valence-electron chi connectivity index (χ1n) is 1.07. The van der Waals surface area contributed by atoms with Crippen LogP contribution in [0.1, 0.15) is 0 Å². The molecule has 1 radical (unpaired) electrons. The maximum Gasteiger partial charge on any atom is 0 e. The van der Waals surface area contributed by atoms with E-state index in [1.807, 2.05) is 0 Å². The second-order valence-electron chi connectivity index (χ2n) is 0.418. The largest absolute Gasteiger partial charge is 0.565 e. The van der Waals surface area contributed by atoms with Gasteiger partial charge in [-0.05, 0) is 0 Å². The molecular weight excluding hydrogens is 155 g/mol. The summed E-state index contributed by atoms with van der Waals surface area (Å²) in [5.41, 5.74) is 4.72. The molecule has 0 aliphatic rings. The number of aliphatic hydroxyl groups excluding tert-OH is 1. The van der Waals surface area contributed by atoms with Crippen LogP contribution in [0.4, 0.5) is 0 Å². The molecular formula is C3H9NOY-2. The van der Waals surface area contributed by atoms with Gasteiger partial charge in [0.25, 0.3) is 0 Å². The standard InChI is InChI=1S/C2H6NO.CH3.Y/c3-1-2-4;;/h2,4H,1,3H2;1H3;/q2*-1;. The Morgan fingerprint density at radius 3 is 1.83 bits per heavy atom. The molecule has 0 spiro atoms. The molecule has 0 saturated heterocycles. The van der Waals surface area contributed by atoms with Gasteiger partial charge in [-0.25, -0.2) is 6.61 Å². The SMILES string of the molecule is NC[CH-]O.[CH3-].[Y]. The molecule has 3 heteroatoms. The van der Waals surface area contributed by atoms with Crippen molar-refractivity contribution in [3.8, 4) is 0 Å². The van der Waals surface area contributed by atoms with E-state index in [9.17, 15) is 0 Å². The summed E-state index contributed by atoms with van der Waals surface area (Å²) in [5, 5.41) is 7.62. The quantitative estimate of drug-likeness (QED) is 0.532. The van der Waals surface area contributed by atoms with Crippen molar-refractivity contribution in [3.63, 3.8) is 0 Å².